The first-order valence-electron chi connectivity index (χ1n) is 10.8. The van der Waals surface area contributed by atoms with Crippen LogP contribution in [-0.2, 0) is 19.3 Å². The van der Waals surface area contributed by atoms with E-state index < -0.39 is 0 Å². The van der Waals surface area contributed by atoms with Crippen molar-refractivity contribution in [3.63, 3.8) is 0 Å². The van der Waals surface area contributed by atoms with Crippen molar-refractivity contribution >= 4 is 0 Å². The molecule has 2 heteroatoms. The van der Waals surface area contributed by atoms with Gasteiger partial charge in [0.15, 0.2) is 0 Å². The van der Waals surface area contributed by atoms with Crippen LogP contribution >= 0.6 is 0 Å². The normalized spacial score (nSPS) is 11.5. The van der Waals surface area contributed by atoms with Crippen molar-refractivity contribution in [3.8, 4) is 11.5 Å². The van der Waals surface area contributed by atoms with Gasteiger partial charge in [-0.15, -0.1) is 0 Å². The topological polar surface area (TPSA) is 40.5 Å². The number of aryl methyl sites for hydroxylation is 2. The van der Waals surface area contributed by atoms with Crippen LogP contribution in [0, 0.1) is 0 Å². The number of unbranched alkanes of at least 4 members (excludes halogenated alkanes) is 2. The Labute approximate surface area is 176 Å². The van der Waals surface area contributed by atoms with Crippen LogP contribution in [0.2, 0.25) is 0 Å². The molecule has 2 aromatic carbocycles. The highest BCUT2D eigenvalue weighted by atomic mass is 16.3. The minimum atomic E-state index is 0.206. The molecule has 0 aliphatic carbocycles. The minimum absolute atomic E-state index is 0.206. The lowest BCUT2D eigenvalue weighted by Gasteiger charge is -2.10. The fourth-order valence-electron chi connectivity index (χ4n) is 3.50. The summed E-state index contributed by atoms with van der Waals surface area (Å²) in [7, 11) is 0. The van der Waals surface area contributed by atoms with E-state index in [4.69, 9.17) is 0 Å². The third-order valence-electron chi connectivity index (χ3n) is 5.28. The van der Waals surface area contributed by atoms with Crippen LogP contribution in [0.5, 0.6) is 11.5 Å². The summed E-state index contributed by atoms with van der Waals surface area (Å²) in [6.07, 6.45) is 12.3. The Morgan fingerprint density at radius 1 is 0.793 bits per heavy atom. The zero-order valence-electron chi connectivity index (χ0n) is 18.2. The van der Waals surface area contributed by atoms with Crippen LogP contribution in [0.3, 0.4) is 0 Å². The first-order chi connectivity index (χ1) is 14.0. The molecule has 0 bridgehead atoms. The summed E-state index contributed by atoms with van der Waals surface area (Å²) in [5, 5.41) is 20.8. The Bertz CT molecular complexity index is 789. The summed E-state index contributed by atoms with van der Waals surface area (Å²) in [5.74, 6) is 0.412. The van der Waals surface area contributed by atoms with Gasteiger partial charge in [-0.25, -0.2) is 0 Å². The van der Waals surface area contributed by atoms with Crippen molar-refractivity contribution in [2.24, 2.45) is 0 Å². The second-order valence-electron chi connectivity index (χ2n) is 8.23. The molecule has 0 atom stereocenters. The number of hydrogen-bond donors (Lipinski definition) is 2. The van der Waals surface area contributed by atoms with Crippen molar-refractivity contribution in [1.29, 1.82) is 0 Å². The zero-order chi connectivity index (χ0) is 21.1. The molecule has 0 heterocycles. The van der Waals surface area contributed by atoms with E-state index in [0.29, 0.717) is 12.0 Å². The second kappa shape index (κ2) is 12.2. The fraction of sp³-hybridized carbons (Fsp3) is 0.407. The number of benzene rings is 2. The fourth-order valence-corrected chi connectivity index (χ4v) is 3.50. The molecule has 2 aromatic rings. The molecule has 2 rings (SSSR count). The molecular formula is C27H36O2. The largest absolute Gasteiger partial charge is 0.508 e. The van der Waals surface area contributed by atoms with Gasteiger partial charge in [-0.1, -0.05) is 60.1 Å². The number of phenols is 2. The minimum Gasteiger partial charge on any atom is -0.508 e. The molecule has 0 spiro atoms. The van der Waals surface area contributed by atoms with Crippen molar-refractivity contribution in [2.75, 3.05) is 0 Å². The number of phenolic OH excluding ortho intramolecular Hbond substituents is 2. The molecule has 0 aliphatic heterocycles. The molecule has 0 saturated heterocycles. The molecule has 0 aliphatic rings. The highest BCUT2D eigenvalue weighted by Crippen LogP contribution is 2.30. The Balaban J connectivity index is 1.81. The van der Waals surface area contributed by atoms with Gasteiger partial charge in [0.1, 0.15) is 11.5 Å². The molecule has 0 aromatic heterocycles. The first-order valence-corrected chi connectivity index (χ1v) is 10.8. The van der Waals surface area contributed by atoms with Crippen molar-refractivity contribution in [1.82, 2.24) is 0 Å². The number of hydrogen-bond acceptors (Lipinski definition) is 2. The van der Waals surface area contributed by atoms with Gasteiger partial charge in [0.25, 0.3) is 0 Å². The van der Waals surface area contributed by atoms with Gasteiger partial charge in [0.2, 0.25) is 0 Å². The van der Waals surface area contributed by atoms with Crippen molar-refractivity contribution < 1.29 is 10.2 Å². The van der Waals surface area contributed by atoms with Gasteiger partial charge in [0, 0.05) is 5.56 Å². The van der Waals surface area contributed by atoms with E-state index in [1.54, 1.807) is 0 Å². The molecule has 156 valence electrons. The summed E-state index contributed by atoms with van der Waals surface area (Å²) < 4.78 is 0. The summed E-state index contributed by atoms with van der Waals surface area (Å²) in [6.45, 7) is 6.33. The predicted molar refractivity (Wildman–Crippen MR) is 124 cm³/mol. The summed E-state index contributed by atoms with van der Waals surface area (Å²) >= 11 is 0. The maximum atomic E-state index is 10.4. The van der Waals surface area contributed by atoms with Crippen molar-refractivity contribution in [2.45, 2.75) is 72.1 Å². The lowest BCUT2D eigenvalue weighted by Crippen LogP contribution is -1.92. The lowest BCUT2D eigenvalue weighted by molar-refractivity contribution is 0.439. The van der Waals surface area contributed by atoms with E-state index in [0.717, 1.165) is 50.5 Å². The molecule has 29 heavy (non-hydrogen) atoms. The smallest absolute Gasteiger partial charge is 0.123 e. The van der Waals surface area contributed by atoms with Crippen LogP contribution in [-0.4, -0.2) is 10.2 Å². The maximum absolute atomic E-state index is 10.4. The SMILES string of the molecule is CC(C)=CCCC(C)=CCc1c(O)cc(CCCCCc2ccccc2)cc1O. The number of rotatable bonds is 11. The molecule has 0 radical (unpaired) electrons. The Morgan fingerprint density at radius 3 is 2.03 bits per heavy atom. The van der Waals surface area contributed by atoms with E-state index >= 15 is 0 Å². The zero-order valence-corrected chi connectivity index (χ0v) is 18.2. The quantitative estimate of drug-likeness (QED) is 0.311. The molecule has 0 saturated carbocycles. The molecule has 2 nitrogen and oxygen atoms in total. The molecule has 0 unspecified atom stereocenters. The summed E-state index contributed by atoms with van der Waals surface area (Å²) in [4.78, 5) is 0. The monoisotopic (exact) mass is 392 g/mol. The van der Waals surface area contributed by atoms with Crippen LogP contribution in [0.25, 0.3) is 0 Å². The molecule has 0 fully saturated rings. The average molecular weight is 393 g/mol. The average Bonchev–Trinajstić information content (AvgIpc) is 2.67. The lowest BCUT2D eigenvalue weighted by atomic mass is 9.99. The first kappa shape index (κ1) is 22.8. The number of allylic oxidation sites excluding steroid dienone is 4. The second-order valence-corrected chi connectivity index (χ2v) is 8.23. The molecule has 2 N–H and O–H groups in total. The Morgan fingerprint density at radius 2 is 1.41 bits per heavy atom. The summed E-state index contributed by atoms with van der Waals surface area (Å²) in [5.41, 5.74) is 5.64. The van der Waals surface area contributed by atoms with Gasteiger partial charge in [0.05, 0.1) is 0 Å². The highest BCUT2D eigenvalue weighted by molar-refractivity contribution is 5.47. The van der Waals surface area contributed by atoms with E-state index in [1.165, 1.54) is 16.7 Å². The van der Waals surface area contributed by atoms with Gasteiger partial charge in [-0.3, -0.25) is 0 Å². The Hall–Kier alpha value is -2.48. The third-order valence-corrected chi connectivity index (χ3v) is 5.28. The molecular weight excluding hydrogens is 356 g/mol. The highest BCUT2D eigenvalue weighted by Gasteiger charge is 2.09. The van der Waals surface area contributed by atoms with Gasteiger partial charge in [-0.2, -0.15) is 0 Å². The summed E-state index contributed by atoms with van der Waals surface area (Å²) in [6, 6.07) is 14.2. The van der Waals surface area contributed by atoms with Gasteiger partial charge < -0.3 is 10.2 Å². The molecule has 0 amide bonds. The van der Waals surface area contributed by atoms with E-state index in [-0.39, 0.29) is 11.5 Å². The van der Waals surface area contributed by atoms with E-state index in [2.05, 4.69) is 57.2 Å². The van der Waals surface area contributed by atoms with E-state index in [1.807, 2.05) is 18.2 Å². The third kappa shape index (κ3) is 8.60. The van der Waals surface area contributed by atoms with Crippen molar-refractivity contribution in [3.05, 3.63) is 82.5 Å². The predicted octanol–water partition coefficient (Wildman–Crippen LogP) is 7.29. The van der Waals surface area contributed by atoms with Crippen LogP contribution < -0.4 is 0 Å². The van der Waals surface area contributed by atoms with Gasteiger partial charge in [-0.05, 0) is 89.0 Å². The van der Waals surface area contributed by atoms with Crippen LogP contribution in [0.1, 0.15) is 69.6 Å². The number of aromatic hydroxyl groups is 2. The maximum Gasteiger partial charge on any atom is 0.123 e. The van der Waals surface area contributed by atoms with Gasteiger partial charge >= 0.3 is 0 Å². The Kier molecular flexibility index (Phi) is 9.56. The van der Waals surface area contributed by atoms with E-state index in [9.17, 15) is 10.2 Å². The van der Waals surface area contributed by atoms with Crippen LogP contribution in [0.4, 0.5) is 0 Å². The van der Waals surface area contributed by atoms with Crippen LogP contribution in [0.15, 0.2) is 65.8 Å². The standard InChI is InChI=1S/C27H36O2/c1-21(2)11-10-12-22(3)17-18-25-26(28)19-24(20-27(25)29)16-9-5-8-15-23-13-6-4-7-14-23/h4,6-7,11,13-14,17,19-20,28-29H,5,8-10,12,15-16,18H2,1-3H3.